The second-order valence-corrected chi connectivity index (χ2v) is 7.40. The van der Waals surface area contributed by atoms with Crippen LogP contribution in [0.4, 0.5) is 0 Å². The molecule has 1 fully saturated rings. The molecule has 158 valence electrons. The molecule has 0 aliphatic carbocycles. The number of ether oxygens (including phenoxy) is 1. The summed E-state index contributed by atoms with van der Waals surface area (Å²) in [4.78, 5) is 26.8. The first-order valence-corrected chi connectivity index (χ1v) is 9.80. The molecule has 0 saturated carbocycles. The Morgan fingerprint density at radius 3 is 2.47 bits per heavy atom. The molecule has 3 rings (SSSR count). The SMILES string of the molecule is CCOc1cc([C@H]2C(=C(O)c3ccc(Cl)cc3)C(=O)C(=O)N2C[C@@H](C)O)ccc1O. The standard InChI is InChI=1S/C22H22ClNO6/c1-3-30-17-10-14(6-9-16(17)26)19-18(20(27)13-4-7-15(23)8-5-13)21(28)22(29)24(19)11-12(2)25/h4-10,12,19,25-27H,3,11H2,1-2H3/t12-,19+/m1/s1. The fourth-order valence-electron chi connectivity index (χ4n) is 3.43. The molecule has 0 radical (unpaired) electrons. The van der Waals surface area contributed by atoms with Crippen molar-refractivity contribution in [3.05, 3.63) is 64.2 Å². The molecule has 0 bridgehead atoms. The number of phenols is 1. The Hall–Kier alpha value is -3.03. The third kappa shape index (κ3) is 4.13. The van der Waals surface area contributed by atoms with Crippen molar-refractivity contribution >= 4 is 29.1 Å². The Labute approximate surface area is 178 Å². The number of aliphatic hydroxyl groups is 2. The maximum absolute atomic E-state index is 12.8. The summed E-state index contributed by atoms with van der Waals surface area (Å²) in [7, 11) is 0. The van der Waals surface area contributed by atoms with Gasteiger partial charge in [0, 0.05) is 17.1 Å². The number of hydrogen-bond acceptors (Lipinski definition) is 6. The van der Waals surface area contributed by atoms with Crippen molar-refractivity contribution in [3.63, 3.8) is 0 Å². The Balaban J connectivity index is 2.20. The number of carbonyl (C=O) groups is 2. The summed E-state index contributed by atoms with van der Waals surface area (Å²) in [5.74, 6) is -1.95. The number of aromatic hydroxyl groups is 1. The molecule has 1 aliphatic rings. The lowest BCUT2D eigenvalue weighted by atomic mass is 9.95. The Bertz CT molecular complexity index is 999. The largest absolute Gasteiger partial charge is 0.507 e. The van der Waals surface area contributed by atoms with E-state index < -0.39 is 23.8 Å². The fourth-order valence-corrected chi connectivity index (χ4v) is 3.56. The second-order valence-electron chi connectivity index (χ2n) is 6.97. The molecule has 2 aromatic rings. The average Bonchev–Trinajstić information content (AvgIpc) is 2.94. The van der Waals surface area contributed by atoms with Crippen LogP contribution in [0.25, 0.3) is 5.76 Å². The van der Waals surface area contributed by atoms with Gasteiger partial charge in [0.15, 0.2) is 11.5 Å². The number of nitrogens with zero attached hydrogens (tertiary/aromatic N) is 1. The van der Waals surface area contributed by atoms with E-state index in [0.29, 0.717) is 22.8 Å². The van der Waals surface area contributed by atoms with Crippen LogP contribution in [0.3, 0.4) is 0 Å². The van der Waals surface area contributed by atoms with E-state index in [9.17, 15) is 24.9 Å². The van der Waals surface area contributed by atoms with E-state index in [-0.39, 0.29) is 29.4 Å². The zero-order chi connectivity index (χ0) is 22.0. The molecule has 0 aromatic heterocycles. The predicted octanol–water partition coefficient (Wildman–Crippen LogP) is 3.25. The fraction of sp³-hybridized carbons (Fsp3) is 0.273. The van der Waals surface area contributed by atoms with Gasteiger partial charge in [0.25, 0.3) is 11.7 Å². The molecule has 1 amide bonds. The van der Waals surface area contributed by atoms with E-state index in [4.69, 9.17) is 16.3 Å². The normalized spacial score (nSPS) is 19.2. The number of halogens is 1. The van der Waals surface area contributed by atoms with Crippen LogP contribution in [0.5, 0.6) is 11.5 Å². The number of amides is 1. The number of β-amino-alcohol motifs (C(OH)–C–C–N with tert-alkyl or cyclic N) is 1. The van der Waals surface area contributed by atoms with Gasteiger partial charge in [-0.05, 0) is 55.8 Å². The lowest BCUT2D eigenvalue weighted by Gasteiger charge is -2.26. The highest BCUT2D eigenvalue weighted by atomic mass is 35.5. The quantitative estimate of drug-likeness (QED) is 0.368. The zero-order valence-corrected chi connectivity index (χ0v) is 17.3. The third-order valence-electron chi connectivity index (χ3n) is 4.72. The number of likely N-dealkylation sites (tertiary alicyclic amines) is 1. The third-order valence-corrected chi connectivity index (χ3v) is 4.97. The van der Waals surface area contributed by atoms with Crippen LogP contribution in [0.15, 0.2) is 48.0 Å². The summed E-state index contributed by atoms with van der Waals surface area (Å²) < 4.78 is 5.42. The molecule has 0 unspecified atom stereocenters. The van der Waals surface area contributed by atoms with Gasteiger partial charge >= 0.3 is 0 Å². The van der Waals surface area contributed by atoms with Crippen molar-refractivity contribution in [1.82, 2.24) is 4.90 Å². The van der Waals surface area contributed by atoms with E-state index in [1.165, 1.54) is 24.0 Å². The summed E-state index contributed by atoms with van der Waals surface area (Å²) in [5, 5.41) is 31.3. The molecule has 1 saturated heterocycles. The van der Waals surface area contributed by atoms with Crippen molar-refractivity contribution < 1.29 is 29.6 Å². The van der Waals surface area contributed by atoms with Gasteiger partial charge in [0.2, 0.25) is 0 Å². The van der Waals surface area contributed by atoms with Gasteiger partial charge in [-0.25, -0.2) is 0 Å². The Morgan fingerprint density at radius 1 is 1.20 bits per heavy atom. The highest BCUT2D eigenvalue weighted by Crippen LogP contribution is 2.41. The minimum atomic E-state index is -0.963. The first kappa shape index (κ1) is 21.7. The smallest absolute Gasteiger partial charge is 0.295 e. The van der Waals surface area contributed by atoms with E-state index >= 15 is 0 Å². The second kappa shape index (κ2) is 8.77. The topological polar surface area (TPSA) is 107 Å². The molecule has 8 heteroatoms. The van der Waals surface area contributed by atoms with Crippen LogP contribution in [0.2, 0.25) is 5.02 Å². The van der Waals surface area contributed by atoms with E-state index in [1.54, 1.807) is 37.3 Å². The number of benzene rings is 2. The molecule has 1 aliphatic heterocycles. The van der Waals surface area contributed by atoms with Gasteiger partial charge in [-0.2, -0.15) is 0 Å². The zero-order valence-electron chi connectivity index (χ0n) is 16.5. The number of Topliss-reactive ketones (excluding diaryl/α,β-unsaturated/α-hetero) is 1. The molecule has 0 spiro atoms. The van der Waals surface area contributed by atoms with Crippen molar-refractivity contribution in [2.24, 2.45) is 0 Å². The van der Waals surface area contributed by atoms with Gasteiger partial charge < -0.3 is 25.0 Å². The summed E-state index contributed by atoms with van der Waals surface area (Å²) >= 11 is 5.90. The molecular formula is C22H22ClNO6. The molecular weight excluding hydrogens is 410 g/mol. The summed E-state index contributed by atoms with van der Waals surface area (Å²) in [6.45, 7) is 3.44. The Kier molecular flexibility index (Phi) is 6.34. The molecule has 30 heavy (non-hydrogen) atoms. The van der Waals surface area contributed by atoms with Crippen LogP contribution in [-0.4, -0.2) is 51.2 Å². The number of ketones is 1. The lowest BCUT2D eigenvalue weighted by molar-refractivity contribution is -0.140. The molecule has 2 atom stereocenters. The average molecular weight is 432 g/mol. The van der Waals surface area contributed by atoms with Crippen LogP contribution in [-0.2, 0) is 9.59 Å². The highest BCUT2D eigenvalue weighted by molar-refractivity contribution is 6.46. The minimum Gasteiger partial charge on any atom is -0.507 e. The van der Waals surface area contributed by atoms with Crippen molar-refractivity contribution in [1.29, 1.82) is 0 Å². The highest BCUT2D eigenvalue weighted by Gasteiger charge is 2.46. The summed E-state index contributed by atoms with van der Waals surface area (Å²) in [5.41, 5.74) is 0.658. The van der Waals surface area contributed by atoms with Crippen molar-refractivity contribution in [2.75, 3.05) is 13.2 Å². The Morgan fingerprint density at radius 2 is 1.87 bits per heavy atom. The van der Waals surface area contributed by atoms with Crippen molar-refractivity contribution in [3.8, 4) is 11.5 Å². The van der Waals surface area contributed by atoms with Gasteiger partial charge in [0.05, 0.1) is 24.3 Å². The first-order chi connectivity index (χ1) is 14.2. The van der Waals surface area contributed by atoms with Gasteiger partial charge in [-0.3, -0.25) is 9.59 Å². The number of carbonyl (C=O) groups excluding carboxylic acids is 2. The number of aliphatic hydroxyl groups excluding tert-OH is 2. The van der Waals surface area contributed by atoms with Crippen LogP contribution in [0, 0.1) is 0 Å². The van der Waals surface area contributed by atoms with Gasteiger partial charge in [-0.15, -0.1) is 0 Å². The molecule has 1 heterocycles. The molecule has 2 aromatic carbocycles. The number of phenolic OH excluding ortho intramolecular Hbond substituents is 1. The van der Waals surface area contributed by atoms with Crippen molar-refractivity contribution in [2.45, 2.75) is 26.0 Å². The predicted molar refractivity (Wildman–Crippen MR) is 111 cm³/mol. The van der Waals surface area contributed by atoms with Gasteiger partial charge in [-0.1, -0.05) is 17.7 Å². The summed E-state index contributed by atoms with van der Waals surface area (Å²) in [6.07, 6.45) is -0.898. The van der Waals surface area contributed by atoms with E-state index in [0.717, 1.165) is 0 Å². The summed E-state index contributed by atoms with van der Waals surface area (Å²) in [6, 6.07) is 9.69. The molecule has 3 N–H and O–H groups in total. The van der Waals surface area contributed by atoms with E-state index in [1.807, 2.05) is 0 Å². The first-order valence-electron chi connectivity index (χ1n) is 9.42. The maximum atomic E-state index is 12.8. The lowest BCUT2D eigenvalue weighted by Crippen LogP contribution is -2.35. The van der Waals surface area contributed by atoms with Gasteiger partial charge in [0.1, 0.15) is 5.76 Å². The number of rotatable bonds is 6. The maximum Gasteiger partial charge on any atom is 0.295 e. The monoisotopic (exact) mass is 431 g/mol. The van der Waals surface area contributed by atoms with Crippen LogP contribution in [0.1, 0.15) is 31.0 Å². The molecule has 7 nitrogen and oxygen atoms in total. The number of hydrogen-bond donors (Lipinski definition) is 3. The van der Waals surface area contributed by atoms with Crippen LogP contribution < -0.4 is 4.74 Å². The van der Waals surface area contributed by atoms with E-state index in [2.05, 4.69) is 0 Å². The van der Waals surface area contributed by atoms with Crippen LogP contribution >= 0.6 is 11.6 Å². The minimum absolute atomic E-state index is 0.0919.